The molecule has 6 heteroatoms. The predicted molar refractivity (Wildman–Crippen MR) is 205 cm³/mol. The number of rotatable bonds is 8. The van der Waals surface area contributed by atoms with Crippen LogP contribution in [0.4, 0.5) is 34.1 Å². The zero-order valence-corrected chi connectivity index (χ0v) is 28.7. The van der Waals surface area contributed by atoms with E-state index >= 15 is 0 Å². The fourth-order valence-corrected chi connectivity index (χ4v) is 7.26. The van der Waals surface area contributed by atoms with Crippen LogP contribution in [0.1, 0.15) is 22.3 Å². The second kappa shape index (κ2) is 13.0. The van der Waals surface area contributed by atoms with Gasteiger partial charge in [0, 0.05) is 7.05 Å². The quantitative estimate of drug-likeness (QED) is 0.153. The van der Waals surface area contributed by atoms with E-state index in [-0.39, 0.29) is 11.5 Å². The maximum atomic E-state index is 11.3. The van der Waals surface area contributed by atoms with E-state index in [0.717, 1.165) is 56.4 Å². The normalized spacial score (nSPS) is 12.3. The maximum absolute atomic E-state index is 11.3. The van der Waals surface area contributed by atoms with Crippen LogP contribution >= 0.6 is 0 Å². The monoisotopic (exact) mass is 646 g/mol. The molecule has 0 bridgehead atoms. The van der Waals surface area contributed by atoms with Crippen molar-refractivity contribution in [1.29, 1.82) is 0 Å². The third-order valence-corrected chi connectivity index (χ3v) is 9.69. The molecule has 0 fully saturated rings. The number of fused-ring (bicyclic) bond motifs is 1. The Kier molecular flexibility index (Phi) is 8.39. The van der Waals surface area contributed by atoms with E-state index in [4.69, 9.17) is 0 Å². The molecule has 1 aliphatic heterocycles. The molecule has 6 aromatic rings. The van der Waals surface area contributed by atoms with Crippen LogP contribution in [0.15, 0.2) is 121 Å². The highest BCUT2D eigenvalue weighted by Crippen LogP contribution is 2.45. The first kappa shape index (κ1) is 31.7. The minimum atomic E-state index is 0.227. The van der Waals surface area contributed by atoms with Crippen molar-refractivity contribution in [3.8, 4) is 33.8 Å². The molecule has 0 saturated carbocycles. The summed E-state index contributed by atoms with van der Waals surface area (Å²) in [6.45, 7) is 9.53. The summed E-state index contributed by atoms with van der Waals surface area (Å²) in [5.74, 6) is 0.477. The first-order valence-corrected chi connectivity index (χ1v) is 16.7. The van der Waals surface area contributed by atoms with Crippen molar-refractivity contribution in [3.05, 3.63) is 144 Å². The molecule has 0 atom stereocenters. The molecule has 7 rings (SSSR count). The SMILES string of the molecule is Cc1cccc(C)c1-c1ccc(N(C)c2ccccc2NCN2CN(c3ccc(-c4c(C)cccc4C)cc3O)c3ccccc32)c(O)c1. The van der Waals surface area contributed by atoms with Gasteiger partial charge in [-0.1, -0.05) is 72.8 Å². The van der Waals surface area contributed by atoms with Gasteiger partial charge in [0.15, 0.2) is 0 Å². The Bertz CT molecular complexity index is 2130. The summed E-state index contributed by atoms with van der Waals surface area (Å²) in [6.07, 6.45) is 0. The molecule has 0 spiro atoms. The number of benzene rings is 6. The molecule has 6 nitrogen and oxygen atoms in total. The topological polar surface area (TPSA) is 62.2 Å². The van der Waals surface area contributed by atoms with Crippen molar-refractivity contribution in [2.75, 3.05) is 40.4 Å². The molecule has 246 valence electrons. The molecule has 0 unspecified atom stereocenters. The average molecular weight is 647 g/mol. The second-order valence-electron chi connectivity index (χ2n) is 12.9. The van der Waals surface area contributed by atoms with Crippen LogP contribution in [-0.2, 0) is 0 Å². The van der Waals surface area contributed by atoms with Gasteiger partial charge in [0.05, 0.1) is 47.5 Å². The van der Waals surface area contributed by atoms with E-state index in [0.29, 0.717) is 13.3 Å². The lowest BCUT2D eigenvalue weighted by Crippen LogP contribution is -2.32. The first-order valence-electron chi connectivity index (χ1n) is 16.7. The van der Waals surface area contributed by atoms with Gasteiger partial charge < -0.3 is 30.2 Å². The Morgan fingerprint density at radius 3 is 1.73 bits per heavy atom. The predicted octanol–water partition coefficient (Wildman–Crippen LogP) is 10.4. The van der Waals surface area contributed by atoms with Gasteiger partial charge in [-0.25, -0.2) is 0 Å². The molecule has 1 aliphatic rings. The van der Waals surface area contributed by atoms with Crippen LogP contribution in [0.3, 0.4) is 0 Å². The summed E-state index contributed by atoms with van der Waals surface area (Å²) in [4.78, 5) is 6.45. The number of anilines is 6. The zero-order chi connectivity index (χ0) is 34.2. The maximum Gasteiger partial charge on any atom is 0.139 e. The Morgan fingerprint density at radius 1 is 0.571 bits per heavy atom. The van der Waals surface area contributed by atoms with Crippen molar-refractivity contribution in [3.63, 3.8) is 0 Å². The summed E-state index contributed by atoms with van der Waals surface area (Å²) in [5.41, 5.74) is 14.6. The van der Waals surface area contributed by atoms with E-state index in [2.05, 4.69) is 116 Å². The number of nitrogens with zero attached hydrogens (tertiary/aromatic N) is 3. The number of aromatic hydroxyl groups is 2. The van der Waals surface area contributed by atoms with Gasteiger partial charge in [-0.05, 0) is 121 Å². The van der Waals surface area contributed by atoms with E-state index in [1.165, 1.54) is 22.3 Å². The molecule has 0 aromatic heterocycles. The Morgan fingerprint density at radius 2 is 1.12 bits per heavy atom. The Balaban J connectivity index is 1.12. The third kappa shape index (κ3) is 5.91. The molecular weight excluding hydrogens is 604 g/mol. The summed E-state index contributed by atoms with van der Waals surface area (Å²) in [7, 11) is 1.98. The van der Waals surface area contributed by atoms with Crippen molar-refractivity contribution >= 4 is 34.1 Å². The van der Waals surface area contributed by atoms with Crippen molar-refractivity contribution in [2.24, 2.45) is 0 Å². The molecule has 0 saturated heterocycles. The molecule has 1 heterocycles. The van der Waals surface area contributed by atoms with Gasteiger partial charge in [0.1, 0.15) is 11.5 Å². The number of nitrogens with one attached hydrogen (secondary N) is 1. The number of phenolic OH excluding ortho intramolecular Hbond substituents is 2. The lowest BCUT2D eigenvalue weighted by atomic mass is 9.95. The third-order valence-electron chi connectivity index (χ3n) is 9.69. The van der Waals surface area contributed by atoms with E-state index in [9.17, 15) is 10.2 Å². The van der Waals surface area contributed by atoms with Crippen molar-refractivity contribution in [1.82, 2.24) is 0 Å². The lowest BCUT2D eigenvalue weighted by Gasteiger charge is -2.27. The van der Waals surface area contributed by atoms with Crippen LogP contribution in [0.25, 0.3) is 22.3 Å². The Labute approximate surface area is 289 Å². The highest BCUT2D eigenvalue weighted by Gasteiger charge is 2.28. The molecular formula is C43H42N4O2. The van der Waals surface area contributed by atoms with Gasteiger partial charge in [-0.15, -0.1) is 0 Å². The molecule has 6 aromatic carbocycles. The van der Waals surface area contributed by atoms with E-state index < -0.39 is 0 Å². The second-order valence-corrected chi connectivity index (χ2v) is 12.9. The Hall–Kier alpha value is -5.88. The highest BCUT2D eigenvalue weighted by atomic mass is 16.3. The minimum Gasteiger partial charge on any atom is -0.506 e. The van der Waals surface area contributed by atoms with E-state index in [1.54, 1.807) is 0 Å². The lowest BCUT2D eigenvalue weighted by molar-refractivity contribution is 0.475. The highest BCUT2D eigenvalue weighted by molar-refractivity contribution is 5.87. The number of hydrogen-bond donors (Lipinski definition) is 3. The van der Waals surface area contributed by atoms with Crippen LogP contribution in [0.2, 0.25) is 0 Å². The number of aryl methyl sites for hydroxylation is 4. The molecule has 3 N–H and O–H groups in total. The van der Waals surface area contributed by atoms with Crippen LogP contribution < -0.4 is 20.0 Å². The van der Waals surface area contributed by atoms with Gasteiger partial charge in [-0.3, -0.25) is 0 Å². The number of phenols is 2. The largest absolute Gasteiger partial charge is 0.506 e. The summed E-state index contributed by atoms with van der Waals surface area (Å²) in [5, 5.41) is 26.3. The van der Waals surface area contributed by atoms with Crippen LogP contribution in [0, 0.1) is 27.7 Å². The number of para-hydroxylation sites is 4. The molecule has 49 heavy (non-hydrogen) atoms. The molecule has 0 amide bonds. The molecule has 0 radical (unpaired) electrons. The van der Waals surface area contributed by atoms with E-state index in [1.807, 2.05) is 60.5 Å². The fraction of sp³-hybridized carbons (Fsp3) is 0.163. The first-order chi connectivity index (χ1) is 23.7. The van der Waals surface area contributed by atoms with Crippen molar-refractivity contribution in [2.45, 2.75) is 27.7 Å². The smallest absolute Gasteiger partial charge is 0.139 e. The zero-order valence-electron chi connectivity index (χ0n) is 28.7. The summed E-state index contributed by atoms with van der Waals surface area (Å²) in [6, 6.07) is 40.9. The van der Waals surface area contributed by atoms with Gasteiger partial charge in [0.25, 0.3) is 0 Å². The van der Waals surface area contributed by atoms with Gasteiger partial charge in [0.2, 0.25) is 0 Å². The number of hydrogen-bond acceptors (Lipinski definition) is 6. The fourth-order valence-electron chi connectivity index (χ4n) is 7.26. The summed E-state index contributed by atoms with van der Waals surface area (Å²) >= 11 is 0. The van der Waals surface area contributed by atoms with Gasteiger partial charge in [-0.2, -0.15) is 0 Å². The summed E-state index contributed by atoms with van der Waals surface area (Å²) < 4.78 is 0. The standard InChI is InChI=1S/C43H42N4O2/c1-28-12-10-13-29(2)42(28)32-20-22-38(40(48)24-32)45(5)35-17-7-6-16-34(35)44-26-46-27-47(37-19-9-8-18-36(37)46)39-23-21-33(25-41(39)49)43-30(3)14-11-15-31(43)4/h6-25,44,48-49H,26-27H2,1-5H3. The molecule has 0 aliphatic carbocycles. The van der Waals surface area contributed by atoms with Crippen LogP contribution in [-0.4, -0.2) is 30.6 Å². The van der Waals surface area contributed by atoms with Crippen LogP contribution in [0.5, 0.6) is 11.5 Å². The minimum absolute atomic E-state index is 0.227. The van der Waals surface area contributed by atoms with Crippen molar-refractivity contribution < 1.29 is 10.2 Å². The van der Waals surface area contributed by atoms with Gasteiger partial charge >= 0.3 is 0 Å². The average Bonchev–Trinajstić information content (AvgIpc) is 3.45.